The summed E-state index contributed by atoms with van der Waals surface area (Å²) in [6.45, 7) is 12.2. The highest BCUT2D eigenvalue weighted by atomic mass is 16.3. The minimum atomic E-state index is 0.221. The Kier molecular flexibility index (Phi) is 16.1. The molecule has 8 heteroatoms. The van der Waals surface area contributed by atoms with Crippen molar-refractivity contribution in [2.45, 2.75) is 25.7 Å². The number of rotatable bonds is 12. The molecule has 0 saturated carbocycles. The second kappa shape index (κ2) is 17.5. The van der Waals surface area contributed by atoms with E-state index in [4.69, 9.17) is 0 Å². The number of nitrogens with zero attached hydrogens (tertiary/aromatic N) is 4. The molecule has 0 unspecified atom stereocenters. The van der Waals surface area contributed by atoms with Crippen LogP contribution >= 0.6 is 0 Å². The van der Waals surface area contributed by atoms with E-state index in [2.05, 4.69) is 19.6 Å². The molecule has 0 bridgehead atoms. The van der Waals surface area contributed by atoms with Crippen molar-refractivity contribution in [3.63, 3.8) is 0 Å². The zero-order chi connectivity index (χ0) is 20.5. The van der Waals surface area contributed by atoms with Crippen molar-refractivity contribution >= 4 is 0 Å². The van der Waals surface area contributed by atoms with E-state index in [0.29, 0.717) is 0 Å². The molecule has 0 aromatic carbocycles. The highest BCUT2D eigenvalue weighted by Gasteiger charge is 2.16. The fraction of sp³-hybridized carbons (Fsp3) is 1.00. The Balaban J connectivity index is 2.73. The summed E-state index contributed by atoms with van der Waals surface area (Å²) in [5, 5.41) is 36.9. The summed E-state index contributed by atoms with van der Waals surface area (Å²) >= 11 is 0. The molecule has 0 amide bonds. The Morgan fingerprint density at radius 2 is 0.536 bits per heavy atom. The predicted molar refractivity (Wildman–Crippen MR) is 113 cm³/mol. The van der Waals surface area contributed by atoms with Gasteiger partial charge >= 0.3 is 0 Å². The SMILES string of the molecule is OCCCN1CCN(CCCO)CCN(CCCO)CCN(CCCO)CC1. The van der Waals surface area contributed by atoms with Crippen LogP contribution in [0.3, 0.4) is 0 Å². The first kappa shape index (κ1) is 25.7. The Bertz CT molecular complexity index is 272. The zero-order valence-corrected chi connectivity index (χ0v) is 17.7. The van der Waals surface area contributed by atoms with Crippen LogP contribution in [0.1, 0.15) is 25.7 Å². The van der Waals surface area contributed by atoms with Crippen molar-refractivity contribution in [3.8, 4) is 0 Å². The molecular weight excluding hydrogens is 360 g/mol. The topological polar surface area (TPSA) is 93.9 Å². The first-order chi connectivity index (χ1) is 13.7. The van der Waals surface area contributed by atoms with E-state index >= 15 is 0 Å². The molecule has 0 radical (unpaired) electrons. The molecule has 0 aromatic heterocycles. The summed E-state index contributed by atoms with van der Waals surface area (Å²) in [4.78, 5) is 9.72. The molecule has 8 nitrogen and oxygen atoms in total. The molecule has 1 fully saturated rings. The van der Waals surface area contributed by atoms with Crippen LogP contribution in [0.25, 0.3) is 0 Å². The smallest absolute Gasteiger partial charge is 0.0443 e. The van der Waals surface area contributed by atoms with Gasteiger partial charge in [0.25, 0.3) is 0 Å². The predicted octanol–water partition coefficient (Wildman–Crippen LogP) is -1.26. The summed E-state index contributed by atoms with van der Waals surface area (Å²) in [5.74, 6) is 0. The lowest BCUT2D eigenvalue weighted by Gasteiger charge is -2.34. The standard InChI is InChI=1S/C20H44N4O4/c25-17-1-5-21-9-11-22(6-2-18-26)13-15-24(8-4-20-28)16-14-23(12-10-21)7-3-19-27/h25-28H,1-20H2. The Hall–Kier alpha value is -0.320. The average molecular weight is 405 g/mol. The van der Waals surface area contributed by atoms with E-state index in [9.17, 15) is 20.4 Å². The Morgan fingerprint density at radius 1 is 0.357 bits per heavy atom. The van der Waals surface area contributed by atoms with Gasteiger partial charge in [-0.25, -0.2) is 0 Å². The average Bonchev–Trinajstić information content (AvgIpc) is 2.71. The third kappa shape index (κ3) is 12.3. The van der Waals surface area contributed by atoms with Gasteiger partial charge in [0.05, 0.1) is 0 Å². The van der Waals surface area contributed by atoms with E-state index in [0.717, 1.165) is 104 Å². The quantitative estimate of drug-likeness (QED) is 0.320. The van der Waals surface area contributed by atoms with Gasteiger partial charge in [0.1, 0.15) is 0 Å². The maximum Gasteiger partial charge on any atom is 0.0443 e. The summed E-state index contributed by atoms with van der Waals surface area (Å²) < 4.78 is 0. The van der Waals surface area contributed by atoms with Gasteiger partial charge in [0, 0.05) is 105 Å². The number of aliphatic hydroxyl groups is 4. The van der Waals surface area contributed by atoms with Gasteiger partial charge in [-0.1, -0.05) is 0 Å². The zero-order valence-electron chi connectivity index (χ0n) is 17.7. The van der Waals surface area contributed by atoms with Gasteiger partial charge < -0.3 is 40.0 Å². The molecule has 0 atom stereocenters. The summed E-state index contributed by atoms with van der Waals surface area (Å²) in [7, 11) is 0. The van der Waals surface area contributed by atoms with Crippen LogP contribution in [-0.4, -0.2) is 145 Å². The molecule has 28 heavy (non-hydrogen) atoms. The minimum absolute atomic E-state index is 0.221. The van der Waals surface area contributed by atoms with Gasteiger partial charge in [0.2, 0.25) is 0 Å². The van der Waals surface area contributed by atoms with Crippen molar-refractivity contribution in [3.05, 3.63) is 0 Å². The van der Waals surface area contributed by atoms with Crippen molar-refractivity contribution in [1.82, 2.24) is 19.6 Å². The lowest BCUT2D eigenvalue weighted by atomic mass is 10.2. The number of aliphatic hydroxyl groups excluding tert-OH is 4. The van der Waals surface area contributed by atoms with Crippen LogP contribution in [0, 0.1) is 0 Å². The summed E-state index contributed by atoms with van der Waals surface area (Å²) in [5.41, 5.74) is 0. The lowest BCUT2D eigenvalue weighted by Crippen LogP contribution is -2.46. The fourth-order valence-corrected chi connectivity index (χ4v) is 3.65. The first-order valence-corrected chi connectivity index (χ1v) is 11.1. The molecule has 0 aromatic rings. The van der Waals surface area contributed by atoms with Crippen LogP contribution in [-0.2, 0) is 0 Å². The molecule has 0 aliphatic carbocycles. The minimum Gasteiger partial charge on any atom is -0.396 e. The van der Waals surface area contributed by atoms with E-state index in [1.54, 1.807) is 0 Å². The Labute approximate surface area is 171 Å². The van der Waals surface area contributed by atoms with Crippen LogP contribution in [0.2, 0.25) is 0 Å². The molecule has 1 aliphatic heterocycles. The van der Waals surface area contributed by atoms with Gasteiger partial charge in [0.15, 0.2) is 0 Å². The fourth-order valence-electron chi connectivity index (χ4n) is 3.65. The van der Waals surface area contributed by atoms with Gasteiger partial charge in [-0.3, -0.25) is 0 Å². The highest BCUT2D eigenvalue weighted by Crippen LogP contribution is 2.03. The first-order valence-electron chi connectivity index (χ1n) is 11.1. The largest absolute Gasteiger partial charge is 0.396 e. The Morgan fingerprint density at radius 3 is 0.679 bits per heavy atom. The van der Waals surface area contributed by atoms with Gasteiger partial charge in [-0.05, 0) is 25.7 Å². The summed E-state index contributed by atoms with van der Waals surface area (Å²) in [6.07, 6.45) is 3.18. The van der Waals surface area contributed by atoms with E-state index in [-0.39, 0.29) is 26.4 Å². The van der Waals surface area contributed by atoms with Crippen LogP contribution in [0.4, 0.5) is 0 Å². The van der Waals surface area contributed by atoms with Crippen molar-refractivity contribution < 1.29 is 20.4 Å². The highest BCUT2D eigenvalue weighted by molar-refractivity contribution is 4.72. The molecule has 0 spiro atoms. The molecular formula is C20H44N4O4. The van der Waals surface area contributed by atoms with E-state index in [1.807, 2.05) is 0 Å². The molecule has 168 valence electrons. The van der Waals surface area contributed by atoms with Crippen LogP contribution in [0.5, 0.6) is 0 Å². The molecule has 1 rings (SSSR count). The van der Waals surface area contributed by atoms with Gasteiger partial charge in [-0.2, -0.15) is 0 Å². The van der Waals surface area contributed by atoms with E-state index < -0.39 is 0 Å². The normalized spacial score (nSPS) is 20.1. The second-order valence-corrected chi connectivity index (χ2v) is 7.68. The lowest BCUT2D eigenvalue weighted by molar-refractivity contribution is 0.118. The third-order valence-corrected chi connectivity index (χ3v) is 5.46. The second-order valence-electron chi connectivity index (χ2n) is 7.68. The third-order valence-electron chi connectivity index (χ3n) is 5.46. The maximum absolute atomic E-state index is 9.22. The van der Waals surface area contributed by atoms with E-state index in [1.165, 1.54) is 0 Å². The molecule has 1 saturated heterocycles. The number of hydrogen-bond donors (Lipinski definition) is 4. The van der Waals surface area contributed by atoms with Gasteiger partial charge in [-0.15, -0.1) is 0 Å². The molecule has 1 heterocycles. The number of hydrogen-bond acceptors (Lipinski definition) is 8. The van der Waals surface area contributed by atoms with Crippen LogP contribution in [0.15, 0.2) is 0 Å². The van der Waals surface area contributed by atoms with Crippen molar-refractivity contribution in [2.75, 3.05) is 105 Å². The van der Waals surface area contributed by atoms with Crippen molar-refractivity contribution in [1.29, 1.82) is 0 Å². The van der Waals surface area contributed by atoms with Crippen LogP contribution < -0.4 is 0 Å². The summed E-state index contributed by atoms with van der Waals surface area (Å²) in [6, 6.07) is 0. The molecule has 4 N–H and O–H groups in total. The van der Waals surface area contributed by atoms with Crippen molar-refractivity contribution in [2.24, 2.45) is 0 Å². The maximum atomic E-state index is 9.22. The monoisotopic (exact) mass is 404 g/mol. The molecule has 1 aliphatic rings.